The normalized spacial score (nSPS) is 12.2. The van der Waals surface area contributed by atoms with Gasteiger partial charge in [-0.05, 0) is 35.0 Å². The van der Waals surface area contributed by atoms with E-state index in [2.05, 4.69) is 26.2 Å². The molecule has 0 aliphatic carbocycles. The van der Waals surface area contributed by atoms with Gasteiger partial charge in [0.2, 0.25) is 0 Å². The molecule has 18 heavy (non-hydrogen) atoms. The van der Waals surface area contributed by atoms with Gasteiger partial charge in [0.15, 0.2) is 5.75 Å². The van der Waals surface area contributed by atoms with Crippen LogP contribution in [0.25, 0.3) is 0 Å². The van der Waals surface area contributed by atoms with Gasteiger partial charge >= 0.3 is 0 Å². The van der Waals surface area contributed by atoms with E-state index in [9.17, 15) is 0 Å². The zero-order valence-corrected chi connectivity index (χ0v) is 13.1. The molecule has 1 unspecified atom stereocenters. The SMILES string of the molecule is COc1c(Br)cc(Cl)cc1NC(C)c1cscn1. The topological polar surface area (TPSA) is 34.1 Å². The van der Waals surface area contributed by atoms with Crippen LogP contribution < -0.4 is 10.1 Å². The molecule has 2 aromatic rings. The first-order valence-corrected chi connectivity index (χ1v) is 7.41. The highest BCUT2D eigenvalue weighted by atomic mass is 79.9. The molecule has 1 heterocycles. The van der Waals surface area contributed by atoms with Crippen molar-refractivity contribution in [2.45, 2.75) is 13.0 Å². The summed E-state index contributed by atoms with van der Waals surface area (Å²) in [5.74, 6) is 0.737. The van der Waals surface area contributed by atoms with Crippen molar-refractivity contribution in [1.29, 1.82) is 0 Å². The number of nitrogens with one attached hydrogen (secondary N) is 1. The molecule has 2 rings (SSSR count). The molecule has 6 heteroatoms. The third-order valence-corrected chi connectivity index (χ3v) is 3.89. The number of benzene rings is 1. The second-order valence-corrected chi connectivity index (χ2v) is 5.76. The third-order valence-electron chi connectivity index (χ3n) is 2.48. The lowest BCUT2D eigenvalue weighted by Crippen LogP contribution is -2.08. The predicted molar refractivity (Wildman–Crippen MR) is 79.9 cm³/mol. The van der Waals surface area contributed by atoms with E-state index in [1.165, 1.54) is 0 Å². The van der Waals surface area contributed by atoms with Crippen LogP contribution in [0, 0.1) is 0 Å². The van der Waals surface area contributed by atoms with Crippen LogP contribution in [-0.2, 0) is 0 Å². The van der Waals surface area contributed by atoms with Gasteiger partial charge in [-0.25, -0.2) is 4.98 Å². The molecule has 1 atom stereocenters. The molecule has 96 valence electrons. The predicted octanol–water partition coefficient (Wildman–Crippen LogP) is 4.74. The summed E-state index contributed by atoms with van der Waals surface area (Å²) in [6.45, 7) is 2.04. The fourth-order valence-corrected chi connectivity index (χ4v) is 3.24. The number of nitrogens with zero attached hydrogens (tertiary/aromatic N) is 1. The van der Waals surface area contributed by atoms with E-state index in [0.717, 1.165) is 21.6 Å². The van der Waals surface area contributed by atoms with Crippen molar-refractivity contribution >= 4 is 44.6 Å². The molecular weight excluding hydrogens is 336 g/mol. The van der Waals surface area contributed by atoms with Gasteiger partial charge in [0.1, 0.15) is 0 Å². The largest absolute Gasteiger partial charge is 0.493 e. The Kier molecular flexibility index (Phi) is 4.48. The van der Waals surface area contributed by atoms with Gasteiger partial charge in [-0.2, -0.15) is 0 Å². The van der Waals surface area contributed by atoms with E-state index in [-0.39, 0.29) is 6.04 Å². The summed E-state index contributed by atoms with van der Waals surface area (Å²) in [4.78, 5) is 4.28. The number of halogens is 2. The first-order chi connectivity index (χ1) is 8.61. The summed E-state index contributed by atoms with van der Waals surface area (Å²) in [6.07, 6.45) is 0. The van der Waals surface area contributed by atoms with Crippen molar-refractivity contribution in [2.24, 2.45) is 0 Å². The summed E-state index contributed by atoms with van der Waals surface area (Å²) < 4.78 is 6.19. The molecule has 0 bridgehead atoms. The van der Waals surface area contributed by atoms with Crippen molar-refractivity contribution in [3.05, 3.63) is 38.2 Å². The molecule has 0 amide bonds. The van der Waals surface area contributed by atoms with Gasteiger partial charge in [0.05, 0.1) is 34.5 Å². The van der Waals surface area contributed by atoms with Gasteiger partial charge in [-0.3, -0.25) is 0 Å². The van der Waals surface area contributed by atoms with Crippen LogP contribution in [-0.4, -0.2) is 12.1 Å². The number of aromatic nitrogens is 1. The summed E-state index contributed by atoms with van der Waals surface area (Å²) in [5, 5.41) is 6.02. The number of hydrogen-bond acceptors (Lipinski definition) is 4. The summed E-state index contributed by atoms with van der Waals surface area (Å²) in [7, 11) is 1.63. The van der Waals surface area contributed by atoms with Crippen LogP contribution in [0.2, 0.25) is 5.02 Å². The number of ether oxygens (including phenoxy) is 1. The molecule has 0 saturated heterocycles. The van der Waals surface area contributed by atoms with Crippen molar-refractivity contribution in [2.75, 3.05) is 12.4 Å². The highest BCUT2D eigenvalue weighted by Crippen LogP contribution is 2.37. The molecule has 0 spiro atoms. The molecule has 1 aromatic carbocycles. The number of thiazole rings is 1. The maximum Gasteiger partial charge on any atom is 0.156 e. The lowest BCUT2D eigenvalue weighted by atomic mass is 10.2. The monoisotopic (exact) mass is 346 g/mol. The molecular formula is C12H12BrClN2OS. The van der Waals surface area contributed by atoms with E-state index >= 15 is 0 Å². The van der Waals surface area contributed by atoms with Crippen LogP contribution in [0.3, 0.4) is 0 Å². The smallest absolute Gasteiger partial charge is 0.156 e. The van der Waals surface area contributed by atoms with Crippen LogP contribution in [0.4, 0.5) is 5.69 Å². The Morgan fingerprint density at radius 1 is 1.50 bits per heavy atom. The minimum atomic E-state index is 0.0931. The Hall–Kier alpha value is -0.780. The van der Waals surface area contributed by atoms with Crippen molar-refractivity contribution in [3.8, 4) is 5.75 Å². The Bertz CT molecular complexity index is 533. The maximum absolute atomic E-state index is 6.05. The fraction of sp³-hybridized carbons (Fsp3) is 0.250. The molecule has 0 fully saturated rings. The Morgan fingerprint density at radius 3 is 2.89 bits per heavy atom. The van der Waals surface area contributed by atoms with Crippen LogP contribution in [0.1, 0.15) is 18.7 Å². The fourth-order valence-electron chi connectivity index (χ4n) is 1.62. The highest BCUT2D eigenvalue weighted by Gasteiger charge is 2.13. The first kappa shape index (κ1) is 13.6. The molecule has 0 radical (unpaired) electrons. The zero-order chi connectivity index (χ0) is 13.1. The second-order valence-electron chi connectivity index (χ2n) is 3.75. The molecule has 3 nitrogen and oxygen atoms in total. The third kappa shape index (κ3) is 2.96. The lowest BCUT2D eigenvalue weighted by molar-refractivity contribution is 0.413. The summed E-state index contributed by atoms with van der Waals surface area (Å²) in [6, 6.07) is 3.74. The second kappa shape index (κ2) is 5.91. The van der Waals surface area contributed by atoms with Gasteiger partial charge in [-0.1, -0.05) is 11.6 Å². The Labute approximate surface area is 123 Å². The van der Waals surface area contributed by atoms with E-state index in [4.69, 9.17) is 16.3 Å². The Balaban J connectivity index is 2.28. The maximum atomic E-state index is 6.05. The van der Waals surface area contributed by atoms with E-state index in [1.807, 2.05) is 23.9 Å². The standard InChI is InChI=1S/C12H12BrClN2OS/c1-7(11-5-18-6-15-11)16-10-4-8(14)3-9(13)12(10)17-2/h3-7,16H,1-2H3. The number of hydrogen-bond donors (Lipinski definition) is 1. The highest BCUT2D eigenvalue weighted by molar-refractivity contribution is 9.10. The van der Waals surface area contributed by atoms with E-state index in [0.29, 0.717) is 5.02 Å². The van der Waals surface area contributed by atoms with Crippen molar-refractivity contribution in [3.63, 3.8) is 0 Å². The summed E-state index contributed by atoms with van der Waals surface area (Å²) in [5.41, 5.74) is 3.66. The molecule has 1 N–H and O–H groups in total. The average Bonchev–Trinajstić information content (AvgIpc) is 2.81. The summed E-state index contributed by atoms with van der Waals surface area (Å²) >= 11 is 11.1. The molecule has 0 aliphatic heterocycles. The minimum Gasteiger partial charge on any atom is -0.493 e. The van der Waals surface area contributed by atoms with Gasteiger partial charge in [0, 0.05) is 10.4 Å². The number of rotatable bonds is 4. The van der Waals surface area contributed by atoms with Gasteiger partial charge in [0.25, 0.3) is 0 Å². The lowest BCUT2D eigenvalue weighted by Gasteiger charge is -2.17. The number of methoxy groups -OCH3 is 1. The van der Waals surface area contributed by atoms with E-state index < -0.39 is 0 Å². The van der Waals surface area contributed by atoms with Crippen LogP contribution >= 0.6 is 38.9 Å². The Morgan fingerprint density at radius 2 is 2.28 bits per heavy atom. The van der Waals surface area contributed by atoms with Crippen molar-refractivity contribution < 1.29 is 4.74 Å². The average molecular weight is 348 g/mol. The minimum absolute atomic E-state index is 0.0931. The first-order valence-electron chi connectivity index (χ1n) is 5.29. The molecule has 0 aliphatic rings. The van der Waals surface area contributed by atoms with Gasteiger partial charge < -0.3 is 10.1 Å². The molecule has 0 saturated carbocycles. The van der Waals surface area contributed by atoms with Crippen LogP contribution in [0.5, 0.6) is 5.75 Å². The van der Waals surface area contributed by atoms with E-state index in [1.54, 1.807) is 24.5 Å². The zero-order valence-electron chi connectivity index (χ0n) is 9.91. The molecule has 1 aromatic heterocycles. The number of anilines is 1. The van der Waals surface area contributed by atoms with Crippen LogP contribution in [0.15, 0.2) is 27.5 Å². The van der Waals surface area contributed by atoms with Crippen molar-refractivity contribution in [1.82, 2.24) is 4.98 Å². The van der Waals surface area contributed by atoms with Gasteiger partial charge in [-0.15, -0.1) is 11.3 Å². The quantitative estimate of drug-likeness (QED) is 0.867.